The molecule has 2 rings (SSSR count). The van der Waals surface area contributed by atoms with Crippen molar-refractivity contribution in [3.05, 3.63) is 59.5 Å². The quantitative estimate of drug-likeness (QED) is 0.678. The predicted octanol–water partition coefficient (Wildman–Crippen LogP) is 3.18. The van der Waals surface area contributed by atoms with Gasteiger partial charge in [0.1, 0.15) is 5.76 Å². The van der Waals surface area contributed by atoms with Gasteiger partial charge in [-0.05, 0) is 24.6 Å². The number of benzene rings is 1. The Morgan fingerprint density at radius 1 is 1.08 bits per heavy atom. The van der Waals surface area contributed by atoms with Crippen molar-refractivity contribution in [3.8, 4) is 0 Å². The summed E-state index contributed by atoms with van der Waals surface area (Å²) in [5.74, 6) is 1.02. The maximum absolute atomic E-state index is 5.27. The third kappa shape index (κ3) is 2.00. The van der Waals surface area contributed by atoms with E-state index in [1.807, 2.05) is 12.1 Å². The number of hydrogen-bond acceptors (Lipinski definition) is 1. The lowest BCUT2D eigenvalue weighted by atomic mass is 10.1. The molecule has 0 aliphatic rings. The maximum Gasteiger partial charge on any atom is 0.108 e. The van der Waals surface area contributed by atoms with E-state index in [0.29, 0.717) is 0 Å². The molecular weight excluding hydrogens is 160 g/mol. The first-order chi connectivity index (χ1) is 6.34. The van der Waals surface area contributed by atoms with Crippen LogP contribution in [0, 0.1) is 6.92 Å². The molecule has 13 heavy (non-hydrogen) atoms. The minimum absolute atomic E-state index is 0.882. The van der Waals surface area contributed by atoms with Crippen molar-refractivity contribution in [1.82, 2.24) is 0 Å². The molecule has 0 aliphatic carbocycles. The molecule has 0 radical (unpaired) electrons. The fourth-order valence-corrected chi connectivity index (χ4v) is 1.32. The fraction of sp³-hybridized carbons (Fsp3) is 0.167. The second-order valence-electron chi connectivity index (χ2n) is 3.24. The Morgan fingerprint density at radius 2 is 1.85 bits per heavy atom. The molecule has 0 saturated heterocycles. The minimum Gasteiger partial charge on any atom is -0.469 e. The van der Waals surface area contributed by atoms with Crippen LogP contribution in [0.4, 0.5) is 0 Å². The molecule has 0 spiro atoms. The SMILES string of the molecule is Cc1ccc(Cc2ccco2)cc1. The van der Waals surface area contributed by atoms with Gasteiger partial charge in [-0.3, -0.25) is 0 Å². The molecule has 1 aromatic carbocycles. The Hall–Kier alpha value is -1.50. The summed E-state index contributed by atoms with van der Waals surface area (Å²) in [5, 5.41) is 0. The van der Waals surface area contributed by atoms with Gasteiger partial charge in [0.15, 0.2) is 0 Å². The Bertz CT molecular complexity index is 357. The van der Waals surface area contributed by atoms with Crippen LogP contribution in [0.2, 0.25) is 0 Å². The Morgan fingerprint density at radius 3 is 2.46 bits per heavy atom. The van der Waals surface area contributed by atoms with E-state index in [1.165, 1.54) is 11.1 Å². The fourth-order valence-electron chi connectivity index (χ4n) is 1.32. The van der Waals surface area contributed by atoms with Gasteiger partial charge in [0.25, 0.3) is 0 Å². The summed E-state index contributed by atoms with van der Waals surface area (Å²) in [7, 11) is 0. The van der Waals surface area contributed by atoms with E-state index in [0.717, 1.165) is 12.2 Å². The van der Waals surface area contributed by atoms with Crippen LogP contribution in [0.15, 0.2) is 47.1 Å². The molecule has 0 unspecified atom stereocenters. The molecule has 0 atom stereocenters. The molecule has 0 saturated carbocycles. The van der Waals surface area contributed by atoms with Crippen LogP contribution in [0.25, 0.3) is 0 Å². The van der Waals surface area contributed by atoms with Gasteiger partial charge in [0, 0.05) is 6.42 Å². The van der Waals surface area contributed by atoms with Crippen molar-refractivity contribution >= 4 is 0 Å². The lowest BCUT2D eigenvalue weighted by Gasteiger charge is -1.98. The monoisotopic (exact) mass is 172 g/mol. The van der Waals surface area contributed by atoms with Crippen LogP contribution in [0.1, 0.15) is 16.9 Å². The summed E-state index contributed by atoms with van der Waals surface area (Å²) < 4.78 is 5.27. The highest BCUT2D eigenvalue weighted by Crippen LogP contribution is 2.10. The van der Waals surface area contributed by atoms with E-state index < -0.39 is 0 Å². The van der Waals surface area contributed by atoms with Crippen LogP contribution in [0.3, 0.4) is 0 Å². The lowest BCUT2D eigenvalue weighted by Crippen LogP contribution is -1.84. The topological polar surface area (TPSA) is 13.1 Å². The van der Waals surface area contributed by atoms with Crippen molar-refractivity contribution in [2.75, 3.05) is 0 Å². The highest BCUT2D eigenvalue weighted by molar-refractivity contribution is 5.24. The van der Waals surface area contributed by atoms with E-state index in [-0.39, 0.29) is 0 Å². The molecule has 0 amide bonds. The first-order valence-electron chi connectivity index (χ1n) is 4.42. The Labute approximate surface area is 78.0 Å². The zero-order chi connectivity index (χ0) is 9.10. The summed E-state index contributed by atoms with van der Waals surface area (Å²) in [4.78, 5) is 0. The summed E-state index contributed by atoms with van der Waals surface area (Å²) in [6.07, 6.45) is 2.59. The first kappa shape index (κ1) is 8.11. The van der Waals surface area contributed by atoms with Gasteiger partial charge in [-0.1, -0.05) is 29.8 Å². The van der Waals surface area contributed by atoms with Crippen LogP contribution in [-0.4, -0.2) is 0 Å². The summed E-state index contributed by atoms with van der Waals surface area (Å²) in [5.41, 5.74) is 2.59. The van der Waals surface area contributed by atoms with E-state index in [2.05, 4.69) is 31.2 Å². The van der Waals surface area contributed by atoms with Gasteiger partial charge in [0.05, 0.1) is 6.26 Å². The average molecular weight is 172 g/mol. The molecule has 0 aliphatic heterocycles. The van der Waals surface area contributed by atoms with Gasteiger partial charge < -0.3 is 4.42 Å². The minimum atomic E-state index is 0.882. The van der Waals surface area contributed by atoms with Crippen LogP contribution in [0.5, 0.6) is 0 Å². The van der Waals surface area contributed by atoms with E-state index >= 15 is 0 Å². The van der Waals surface area contributed by atoms with Crippen molar-refractivity contribution in [2.45, 2.75) is 13.3 Å². The third-order valence-corrected chi connectivity index (χ3v) is 2.08. The molecule has 2 aromatic rings. The van der Waals surface area contributed by atoms with Crippen molar-refractivity contribution < 1.29 is 4.42 Å². The van der Waals surface area contributed by atoms with Crippen molar-refractivity contribution in [1.29, 1.82) is 0 Å². The van der Waals surface area contributed by atoms with Crippen LogP contribution >= 0.6 is 0 Å². The van der Waals surface area contributed by atoms with Crippen LogP contribution < -0.4 is 0 Å². The summed E-state index contributed by atoms with van der Waals surface area (Å²) in [6, 6.07) is 12.4. The molecule has 0 fully saturated rings. The summed E-state index contributed by atoms with van der Waals surface area (Å²) >= 11 is 0. The predicted molar refractivity (Wildman–Crippen MR) is 52.7 cm³/mol. The smallest absolute Gasteiger partial charge is 0.108 e. The summed E-state index contributed by atoms with van der Waals surface area (Å²) in [6.45, 7) is 2.09. The second-order valence-corrected chi connectivity index (χ2v) is 3.24. The van der Waals surface area contributed by atoms with Gasteiger partial charge in [-0.25, -0.2) is 0 Å². The van der Waals surface area contributed by atoms with Crippen molar-refractivity contribution in [2.24, 2.45) is 0 Å². The molecule has 0 N–H and O–H groups in total. The molecule has 1 heteroatoms. The van der Waals surface area contributed by atoms with E-state index in [9.17, 15) is 0 Å². The van der Waals surface area contributed by atoms with Gasteiger partial charge in [-0.2, -0.15) is 0 Å². The number of rotatable bonds is 2. The Kier molecular flexibility index (Phi) is 2.17. The van der Waals surface area contributed by atoms with E-state index in [4.69, 9.17) is 4.42 Å². The van der Waals surface area contributed by atoms with Gasteiger partial charge in [0.2, 0.25) is 0 Å². The van der Waals surface area contributed by atoms with Crippen molar-refractivity contribution in [3.63, 3.8) is 0 Å². The van der Waals surface area contributed by atoms with Crippen LogP contribution in [-0.2, 0) is 6.42 Å². The second kappa shape index (κ2) is 3.48. The first-order valence-corrected chi connectivity index (χ1v) is 4.42. The number of furan rings is 1. The lowest BCUT2D eigenvalue weighted by molar-refractivity contribution is 0.521. The third-order valence-electron chi connectivity index (χ3n) is 2.08. The van der Waals surface area contributed by atoms with E-state index in [1.54, 1.807) is 6.26 Å². The zero-order valence-corrected chi connectivity index (χ0v) is 7.66. The highest BCUT2D eigenvalue weighted by Gasteiger charge is 1.97. The average Bonchev–Trinajstić information content (AvgIpc) is 2.62. The molecule has 1 aromatic heterocycles. The standard InChI is InChI=1S/C12H12O/c1-10-4-6-11(7-5-10)9-12-3-2-8-13-12/h2-8H,9H2,1H3. The maximum atomic E-state index is 5.27. The zero-order valence-electron chi connectivity index (χ0n) is 7.66. The molecular formula is C12H12O. The number of aryl methyl sites for hydroxylation is 1. The molecule has 1 nitrogen and oxygen atoms in total. The highest BCUT2D eigenvalue weighted by atomic mass is 16.3. The Balaban J connectivity index is 2.15. The molecule has 66 valence electrons. The molecule has 1 heterocycles. The largest absolute Gasteiger partial charge is 0.469 e. The number of hydrogen-bond donors (Lipinski definition) is 0. The van der Waals surface area contributed by atoms with Gasteiger partial charge >= 0.3 is 0 Å². The van der Waals surface area contributed by atoms with Gasteiger partial charge in [-0.15, -0.1) is 0 Å². The normalized spacial score (nSPS) is 10.2. The molecule has 0 bridgehead atoms.